The van der Waals surface area contributed by atoms with Crippen molar-refractivity contribution in [2.75, 3.05) is 5.32 Å². The van der Waals surface area contributed by atoms with Gasteiger partial charge in [-0.1, -0.05) is 41.1 Å². The standard InChI is InChI=1S/C19H19N3O4S/c1-13-6-8-15(9-7-13)12-20-27(24,25)17-5-3-4-16(11-17)19(23)21-18-10-14(2)26-22-18/h3-11,20H,12H2,1-2H3,(H,21,22,23). The summed E-state index contributed by atoms with van der Waals surface area (Å²) in [7, 11) is -3.76. The third kappa shape index (κ3) is 4.81. The van der Waals surface area contributed by atoms with Crippen molar-refractivity contribution >= 4 is 21.7 Å². The molecule has 0 atom stereocenters. The van der Waals surface area contributed by atoms with Crippen molar-refractivity contribution in [1.29, 1.82) is 0 Å². The van der Waals surface area contributed by atoms with Crippen LogP contribution < -0.4 is 10.0 Å². The van der Waals surface area contributed by atoms with Crippen LogP contribution in [0.15, 0.2) is 64.0 Å². The normalized spacial score (nSPS) is 11.3. The maximum atomic E-state index is 12.5. The van der Waals surface area contributed by atoms with Gasteiger partial charge in [0.2, 0.25) is 10.0 Å². The Morgan fingerprint density at radius 1 is 1.07 bits per heavy atom. The van der Waals surface area contributed by atoms with Gasteiger partial charge in [-0.15, -0.1) is 0 Å². The van der Waals surface area contributed by atoms with Crippen LogP contribution >= 0.6 is 0 Å². The number of hydrogen-bond acceptors (Lipinski definition) is 5. The Morgan fingerprint density at radius 3 is 2.48 bits per heavy atom. The van der Waals surface area contributed by atoms with E-state index in [1.807, 2.05) is 31.2 Å². The number of aryl methyl sites for hydroxylation is 2. The Bertz CT molecular complexity index is 1060. The summed E-state index contributed by atoms with van der Waals surface area (Å²) in [5.41, 5.74) is 2.15. The zero-order valence-electron chi connectivity index (χ0n) is 14.9. The number of aromatic nitrogens is 1. The molecule has 3 rings (SSSR count). The van der Waals surface area contributed by atoms with Crippen LogP contribution in [0.5, 0.6) is 0 Å². The molecular formula is C19H19N3O4S. The van der Waals surface area contributed by atoms with Gasteiger partial charge in [-0.3, -0.25) is 4.79 Å². The first-order valence-corrected chi connectivity index (χ1v) is 9.72. The van der Waals surface area contributed by atoms with Crippen LogP contribution in [-0.2, 0) is 16.6 Å². The van der Waals surface area contributed by atoms with E-state index < -0.39 is 15.9 Å². The molecule has 3 aromatic rings. The van der Waals surface area contributed by atoms with Crippen molar-refractivity contribution in [2.45, 2.75) is 25.3 Å². The van der Waals surface area contributed by atoms with Crippen molar-refractivity contribution in [3.63, 3.8) is 0 Å². The van der Waals surface area contributed by atoms with Gasteiger partial charge >= 0.3 is 0 Å². The first-order chi connectivity index (χ1) is 12.8. The first-order valence-electron chi connectivity index (χ1n) is 8.23. The molecule has 0 spiro atoms. The van der Waals surface area contributed by atoms with Crippen molar-refractivity contribution in [3.05, 3.63) is 77.0 Å². The molecule has 0 saturated carbocycles. The van der Waals surface area contributed by atoms with Crippen LogP contribution in [0.3, 0.4) is 0 Å². The molecule has 7 nitrogen and oxygen atoms in total. The quantitative estimate of drug-likeness (QED) is 0.679. The van der Waals surface area contributed by atoms with Gasteiger partial charge in [0, 0.05) is 18.2 Å². The van der Waals surface area contributed by atoms with E-state index in [1.54, 1.807) is 13.0 Å². The second kappa shape index (κ2) is 7.73. The molecule has 0 aliphatic carbocycles. The lowest BCUT2D eigenvalue weighted by Gasteiger charge is -2.09. The topological polar surface area (TPSA) is 101 Å². The monoisotopic (exact) mass is 385 g/mol. The fourth-order valence-corrected chi connectivity index (χ4v) is 3.45. The van der Waals surface area contributed by atoms with E-state index in [1.165, 1.54) is 24.3 Å². The molecule has 8 heteroatoms. The summed E-state index contributed by atoms with van der Waals surface area (Å²) in [6.07, 6.45) is 0. The van der Waals surface area contributed by atoms with Crippen LogP contribution in [-0.4, -0.2) is 19.5 Å². The van der Waals surface area contributed by atoms with Crippen LogP contribution in [0.1, 0.15) is 27.2 Å². The van der Waals surface area contributed by atoms with E-state index in [9.17, 15) is 13.2 Å². The number of carbonyl (C=O) groups excluding carboxylic acids is 1. The van der Waals surface area contributed by atoms with Gasteiger partial charge in [0.15, 0.2) is 5.82 Å². The van der Waals surface area contributed by atoms with Gasteiger partial charge in [-0.05, 0) is 37.6 Å². The lowest BCUT2D eigenvalue weighted by molar-refractivity contribution is 0.102. The molecule has 0 bridgehead atoms. The Kier molecular flexibility index (Phi) is 5.38. The van der Waals surface area contributed by atoms with Crippen LogP contribution in [0, 0.1) is 13.8 Å². The second-order valence-corrected chi connectivity index (χ2v) is 7.88. The minimum Gasteiger partial charge on any atom is -0.360 e. The number of anilines is 1. The highest BCUT2D eigenvalue weighted by molar-refractivity contribution is 7.89. The number of hydrogen-bond donors (Lipinski definition) is 2. The minimum absolute atomic E-state index is 0.0126. The van der Waals surface area contributed by atoms with Gasteiger partial charge in [-0.25, -0.2) is 13.1 Å². The molecule has 1 amide bonds. The largest absolute Gasteiger partial charge is 0.360 e. The van der Waals surface area contributed by atoms with E-state index >= 15 is 0 Å². The molecule has 0 radical (unpaired) electrons. The number of amides is 1. The van der Waals surface area contributed by atoms with Crippen molar-refractivity contribution in [2.24, 2.45) is 0 Å². The summed E-state index contributed by atoms with van der Waals surface area (Å²) in [6, 6.07) is 14.9. The molecule has 1 heterocycles. The highest BCUT2D eigenvalue weighted by Crippen LogP contribution is 2.15. The number of nitrogens with one attached hydrogen (secondary N) is 2. The molecule has 0 aliphatic heterocycles. The van der Waals surface area contributed by atoms with Gasteiger partial charge < -0.3 is 9.84 Å². The van der Waals surface area contributed by atoms with Gasteiger partial charge in [-0.2, -0.15) is 0 Å². The number of benzene rings is 2. The number of sulfonamides is 1. The van der Waals surface area contributed by atoms with E-state index in [0.717, 1.165) is 11.1 Å². The second-order valence-electron chi connectivity index (χ2n) is 6.11. The molecule has 2 aromatic carbocycles. The molecule has 1 aromatic heterocycles. The van der Waals surface area contributed by atoms with E-state index in [-0.39, 0.29) is 22.8 Å². The predicted molar refractivity (Wildman–Crippen MR) is 101 cm³/mol. The third-order valence-corrected chi connectivity index (χ3v) is 5.26. The average Bonchev–Trinajstić information content (AvgIpc) is 3.06. The average molecular weight is 385 g/mol. The Morgan fingerprint density at radius 2 is 1.81 bits per heavy atom. The summed E-state index contributed by atoms with van der Waals surface area (Å²) < 4.78 is 32.5. The Labute approximate surface area is 157 Å². The zero-order valence-corrected chi connectivity index (χ0v) is 15.7. The number of rotatable bonds is 6. The SMILES string of the molecule is Cc1ccc(CNS(=O)(=O)c2cccc(C(=O)Nc3cc(C)on3)c2)cc1. The van der Waals surface area contributed by atoms with E-state index in [2.05, 4.69) is 15.2 Å². The molecule has 27 heavy (non-hydrogen) atoms. The van der Waals surface area contributed by atoms with Crippen molar-refractivity contribution in [3.8, 4) is 0 Å². The van der Waals surface area contributed by atoms with Crippen molar-refractivity contribution < 1.29 is 17.7 Å². The van der Waals surface area contributed by atoms with E-state index in [0.29, 0.717) is 5.76 Å². The Hall–Kier alpha value is -2.97. The number of carbonyl (C=O) groups is 1. The summed E-state index contributed by atoms with van der Waals surface area (Å²) >= 11 is 0. The molecule has 0 fully saturated rings. The highest BCUT2D eigenvalue weighted by atomic mass is 32.2. The van der Waals surface area contributed by atoms with Gasteiger partial charge in [0.25, 0.3) is 5.91 Å². The molecule has 0 aliphatic rings. The maximum Gasteiger partial charge on any atom is 0.256 e. The summed E-state index contributed by atoms with van der Waals surface area (Å²) in [6.45, 7) is 3.83. The summed E-state index contributed by atoms with van der Waals surface area (Å²) in [4.78, 5) is 12.3. The fourth-order valence-electron chi connectivity index (χ4n) is 2.39. The third-order valence-electron chi connectivity index (χ3n) is 3.86. The highest BCUT2D eigenvalue weighted by Gasteiger charge is 2.17. The van der Waals surface area contributed by atoms with Crippen LogP contribution in [0.25, 0.3) is 0 Å². The van der Waals surface area contributed by atoms with E-state index in [4.69, 9.17) is 4.52 Å². The first kappa shape index (κ1) is 18.8. The van der Waals surface area contributed by atoms with Gasteiger partial charge in [0.05, 0.1) is 4.90 Å². The maximum absolute atomic E-state index is 12.5. The lowest BCUT2D eigenvalue weighted by Crippen LogP contribution is -2.23. The van der Waals surface area contributed by atoms with Crippen LogP contribution in [0.2, 0.25) is 0 Å². The smallest absolute Gasteiger partial charge is 0.256 e. The predicted octanol–water partition coefficient (Wildman–Crippen LogP) is 3.02. The molecule has 140 valence electrons. The summed E-state index contributed by atoms with van der Waals surface area (Å²) in [5.74, 6) is 0.351. The fraction of sp³-hybridized carbons (Fsp3) is 0.158. The summed E-state index contributed by atoms with van der Waals surface area (Å²) in [5, 5.41) is 6.25. The van der Waals surface area contributed by atoms with Gasteiger partial charge in [0.1, 0.15) is 5.76 Å². The van der Waals surface area contributed by atoms with Crippen LogP contribution in [0.4, 0.5) is 5.82 Å². The van der Waals surface area contributed by atoms with Crippen molar-refractivity contribution in [1.82, 2.24) is 9.88 Å². The molecule has 0 saturated heterocycles. The Balaban J connectivity index is 1.73. The molecular weight excluding hydrogens is 366 g/mol. The number of nitrogens with zero attached hydrogens (tertiary/aromatic N) is 1. The molecule has 0 unspecified atom stereocenters. The lowest BCUT2D eigenvalue weighted by atomic mass is 10.2. The minimum atomic E-state index is -3.76. The molecule has 2 N–H and O–H groups in total. The zero-order chi connectivity index (χ0) is 19.4.